The van der Waals surface area contributed by atoms with Gasteiger partial charge in [-0.3, -0.25) is 14.4 Å². The van der Waals surface area contributed by atoms with E-state index in [0.717, 1.165) is 16.1 Å². The number of benzene rings is 1. The van der Waals surface area contributed by atoms with Crippen LogP contribution in [-0.4, -0.2) is 40.4 Å². The Kier molecular flexibility index (Phi) is 5.94. The van der Waals surface area contributed by atoms with Gasteiger partial charge in [-0.05, 0) is 48.6 Å². The molecule has 3 aromatic rings. The zero-order valence-corrected chi connectivity index (χ0v) is 18.0. The van der Waals surface area contributed by atoms with Crippen LogP contribution in [0.3, 0.4) is 0 Å². The molecular formula is C22H21N3O5S. The van der Waals surface area contributed by atoms with Gasteiger partial charge in [-0.25, -0.2) is 0 Å². The first-order chi connectivity index (χ1) is 14.9. The van der Waals surface area contributed by atoms with Crippen LogP contribution in [0.15, 0.2) is 40.2 Å². The van der Waals surface area contributed by atoms with Crippen molar-refractivity contribution in [2.24, 2.45) is 0 Å². The second-order valence-corrected chi connectivity index (χ2v) is 8.20. The number of amides is 1. The molecule has 160 valence electrons. The highest BCUT2D eigenvalue weighted by Gasteiger charge is 2.25. The van der Waals surface area contributed by atoms with Crippen molar-refractivity contribution in [1.82, 2.24) is 10.1 Å². The molecule has 1 aliphatic heterocycles. The number of nitrogens with zero attached hydrogens (tertiary/aromatic N) is 3. The van der Waals surface area contributed by atoms with Crippen LogP contribution in [-0.2, 0) is 27.2 Å². The number of thiophene rings is 1. The van der Waals surface area contributed by atoms with E-state index in [4.69, 9.17) is 9.26 Å². The highest BCUT2D eigenvalue weighted by atomic mass is 32.1. The first-order valence-corrected chi connectivity index (χ1v) is 10.8. The minimum atomic E-state index is -0.916. The zero-order valence-electron chi connectivity index (χ0n) is 17.2. The molecule has 0 radical (unpaired) electrons. The van der Waals surface area contributed by atoms with Gasteiger partial charge in [0.15, 0.2) is 6.10 Å². The van der Waals surface area contributed by atoms with E-state index in [1.807, 2.05) is 17.5 Å². The number of ether oxygens (including phenoxy) is 1. The summed E-state index contributed by atoms with van der Waals surface area (Å²) in [5.41, 5.74) is 2.23. The van der Waals surface area contributed by atoms with Crippen LogP contribution in [0.1, 0.15) is 42.1 Å². The lowest BCUT2D eigenvalue weighted by Gasteiger charge is -2.16. The highest BCUT2D eigenvalue weighted by Crippen LogP contribution is 2.29. The van der Waals surface area contributed by atoms with Crippen LogP contribution in [0, 0.1) is 0 Å². The van der Waals surface area contributed by atoms with Crippen molar-refractivity contribution < 1.29 is 23.6 Å². The Morgan fingerprint density at radius 2 is 2.13 bits per heavy atom. The molecule has 2 aromatic heterocycles. The van der Waals surface area contributed by atoms with E-state index < -0.39 is 12.1 Å². The van der Waals surface area contributed by atoms with E-state index in [0.29, 0.717) is 30.2 Å². The molecule has 31 heavy (non-hydrogen) atoms. The Hall–Kier alpha value is -3.33. The molecule has 1 aliphatic rings. The molecule has 1 unspecified atom stereocenters. The van der Waals surface area contributed by atoms with Crippen molar-refractivity contribution in [2.45, 2.75) is 39.2 Å². The summed E-state index contributed by atoms with van der Waals surface area (Å²) in [6, 6.07) is 8.99. The number of Topliss-reactive ketones (excluding diaryl/α,β-unsaturated/α-hetero) is 1. The Morgan fingerprint density at radius 3 is 2.87 bits per heavy atom. The largest absolute Gasteiger partial charge is 0.454 e. The smallest absolute Gasteiger partial charge is 0.307 e. The van der Waals surface area contributed by atoms with Crippen molar-refractivity contribution in [1.29, 1.82) is 0 Å². The molecule has 0 N–H and O–H groups in total. The summed E-state index contributed by atoms with van der Waals surface area (Å²) < 4.78 is 10.5. The number of hydrogen-bond donors (Lipinski definition) is 0. The number of aryl methyl sites for hydroxylation is 1. The summed E-state index contributed by atoms with van der Waals surface area (Å²) in [5.74, 6) is 0.00885. The maximum absolute atomic E-state index is 12.7. The summed E-state index contributed by atoms with van der Waals surface area (Å²) in [7, 11) is 0. The molecule has 0 aliphatic carbocycles. The zero-order chi connectivity index (χ0) is 22.0. The molecule has 8 nitrogen and oxygen atoms in total. The number of ketones is 1. The van der Waals surface area contributed by atoms with Crippen molar-refractivity contribution in [3.63, 3.8) is 0 Å². The summed E-state index contributed by atoms with van der Waals surface area (Å²) in [4.78, 5) is 43.4. The topological polar surface area (TPSA) is 103 Å². The third kappa shape index (κ3) is 4.56. The van der Waals surface area contributed by atoms with Gasteiger partial charge < -0.3 is 14.2 Å². The van der Waals surface area contributed by atoms with Crippen molar-refractivity contribution in [3.05, 3.63) is 52.7 Å². The second kappa shape index (κ2) is 8.81. The van der Waals surface area contributed by atoms with Crippen LogP contribution in [0.2, 0.25) is 0 Å². The third-order valence-corrected chi connectivity index (χ3v) is 5.94. The van der Waals surface area contributed by atoms with Gasteiger partial charge in [0, 0.05) is 31.1 Å². The number of anilines is 1. The van der Waals surface area contributed by atoms with Gasteiger partial charge in [-0.15, -0.1) is 11.3 Å². The average Bonchev–Trinajstić information content (AvgIpc) is 3.51. The Bertz CT molecular complexity index is 1120. The molecule has 1 atom stereocenters. The van der Waals surface area contributed by atoms with Gasteiger partial charge in [0.25, 0.3) is 0 Å². The number of fused-ring (bicyclic) bond motifs is 1. The number of rotatable bonds is 7. The van der Waals surface area contributed by atoms with E-state index in [2.05, 4.69) is 10.1 Å². The molecule has 0 saturated heterocycles. The fourth-order valence-electron chi connectivity index (χ4n) is 3.50. The van der Waals surface area contributed by atoms with Gasteiger partial charge in [0.05, 0.1) is 11.3 Å². The first-order valence-electron chi connectivity index (χ1n) is 9.93. The Labute approximate surface area is 182 Å². The molecule has 3 heterocycles. The summed E-state index contributed by atoms with van der Waals surface area (Å²) in [6.45, 7) is 3.68. The number of carbonyl (C=O) groups excluding carboxylic acids is 3. The first kappa shape index (κ1) is 20.9. The Balaban J connectivity index is 1.32. The van der Waals surface area contributed by atoms with Gasteiger partial charge in [-0.2, -0.15) is 4.98 Å². The SMILES string of the molecule is CC(=O)N1CCc2cc(C(=O)C(C)OC(=O)CCc3nc(-c4cccs4)no3)ccc21. The monoisotopic (exact) mass is 439 g/mol. The molecule has 0 fully saturated rings. The van der Waals surface area contributed by atoms with Gasteiger partial charge in [0.1, 0.15) is 0 Å². The number of carbonyl (C=O) groups is 3. The summed E-state index contributed by atoms with van der Waals surface area (Å²) in [5, 5.41) is 5.82. The average molecular weight is 439 g/mol. The van der Waals surface area contributed by atoms with Crippen LogP contribution >= 0.6 is 11.3 Å². The Morgan fingerprint density at radius 1 is 1.29 bits per heavy atom. The molecule has 9 heteroatoms. The molecule has 1 aromatic carbocycles. The molecular weight excluding hydrogens is 418 g/mol. The lowest BCUT2D eigenvalue weighted by molar-refractivity contribution is -0.146. The lowest BCUT2D eigenvalue weighted by atomic mass is 10.0. The van der Waals surface area contributed by atoms with Crippen LogP contribution in [0.5, 0.6) is 0 Å². The van der Waals surface area contributed by atoms with Crippen LogP contribution < -0.4 is 4.90 Å². The number of aromatic nitrogens is 2. The van der Waals surface area contributed by atoms with Crippen LogP contribution in [0.25, 0.3) is 10.7 Å². The fourth-order valence-corrected chi connectivity index (χ4v) is 4.15. The predicted molar refractivity (Wildman–Crippen MR) is 114 cm³/mol. The van der Waals surface area contributed by atoms with E-state index in [9.17, 15) is 14.4 Å². The fraction of sp³-hybridized carbons (Fsp3) is 0.318. The quantitative estimate of drug-likeness (QED) is 0.410. The van der Waals surface area contributed by atoms with E-state index in [1.54, 1.807) is 30.0 Å². The maximum atomic E-state index is 12.7. The van der Waals surface area contributed by atoms with E-state index in [1.165, 1.54) is 18.3 Å². The summed E-state index contributed by atoms with van der Waals surface area (Å²) >= 11 is 1.50. The normalized spacial score (nSPS) is 13.7. The van der Waals surface area contributed by atoms with E-state index in [-0.39, 0.29) is 24.5 Å². The standard InChI is InChI=1S/C22H21N3O5S/c1-13(21(28)16-5-6-17-15(12-16)9-10-25(17)14(2)26)29-20(27)8-7-19-23-22(24-30-19)18-4-3-11-31-18/h3-6,11-13H,7-10H2,1-2H3. The summed E-state index contributed by atoms with van der Waals surface area (Å²) in [6.07, 6.45) is 0.0430. The molecule has 0 bridgehead atoms. The highest BCUT2D eigenvalue weighted by molar-refractivity contribution is 7.13. The van der Waals surface area contributed by atoms with Gasteiger partial charge in [-0.1, -0.05) is 11.2 Å². The molecule has 4 rings (SSSR count). The maximum Gasteiger partial charge on any atom is 0.307 e. The van der Waals surface area contributed by atoms with Gasteiger partial charge >= 0.3 is 5.97 Å². The number of esters is 1. The minimum absolute atomic E-state index is 0.0242. The second-order valence-electron chi connectivity index (χ2n) is 7.25. The molecule has 1 amide bonds. The van der Waals surface area contributed by atoms with Crippen molar-refractivity contribution in [3.8, 4) is 10.7 Å². The van der Waals surface area contributed by atoms with E-state index >= 15 is 0 Å². The van der Waals surface area contributed by atoms with Crippen molar-refractivity contribution >= 4 is 34.7 Å². The number of hydrogen-bond acceptors (Lipinski definition) is 8. The van der Waals surface area contributed by atoms with Crippen molar-refractivity contribution in [2.75, 3.05) is 11.4 Å². The molecule has 0 saturated carbocycles. The lowest BCUT2D eigenvalue weighted by Crippen LogP contribution is -2.26. The third-order valence-electron chi connectivity index (χ3n) is 5.07. The van der Waals surface area contributed by atoms with Gasteiger partial charge in [0.2, 0.25) is 23.4 Å². The van der Waals surface area contributed by atoms with Crippen LogP contribution in [0.4, 0.5) is 5.69 Å². The minimum Gasteiger partial charge on any atom is -0.454 e. The molecule has 0 spiro atoms. The predicted octanol–water partition coefficient (Wildman–Crippen LogP) is 3.45.